The standard InChI is InChI=1S/C24H34N2O10/c25-9-11-1-5-13(6-2-11)21(31)35-23(33)17-15(19(27)28)16(20(29)30)18(17)24(34)36-22(32)14-7-3-12(10-26)4-8-14/h11-18H,1-10,25-26H2,(H,27,28)(H,29,30). The fraction of sp³-hybridized carbons (Fsp3) is 0.750. The number of ether oxygens (including phenoxy) is 2. The topological polar surface area (TPSA) is 213 Å². The molecule has 0 aliphatic heterocycles. The highest BCUT2D eigenvalue weighted by molar-refractivity contribution is 6.01. The largest absolute Gasteiger partial charge is 0.481 e. The van der Waals surface area contributed by atoms with E-state index >= 15 is 0 Å². The molecule has 0 aromatic rings. The summed E-state index contributed by atoms with van der Waals surface area (Å²) in [4.78, 5) is 74.3. The van der Waals surface area contributed by atoms with E-state index in [1.807, 2.05) is 0 Å². The van der Waals surface area contributed by atoms with Crippen molar-refractivity contribution < 1.29 is 48.5 Å². The second-order valence-corrected chi connectivity index (χ2v) is 10.2. The Hall–Kier alpha value is -2.86. The SMILES string of the molecule is NCC1CCC(C(=O)OC(=O)C2C(C(=O)O)C(C(=O)O)C2C(=O)OC(=O)C2CCC(CN)CC2)CC1. The molecule has 0 amide bonds. The summed E-state index contributed by atoms with van der Waals surface area (Å²) in [5.74, 6) is -15.3. The fourth-order valence-corrected chi connectivity index (χ4v) is 5.72. The van der Waals surface area contributed by atoms with Gasteiger partial charge in [0.25, 0.3) is 0 Å². The highest BCUT2D eigenvalue weighted by Crippen LogP contribution is 2.48. The Balaban J connectivity index is 1.69. The molecule has 0 saturated heterocycles. The molecule has 3 rings (SSSR count). The zero-order valence-electron chi connectivity index (χ0n) is 20.0. The minimum Gasteiger partial charge on any atom is -0.481 e. The highest BCUT2D eigenvalue weighted by atomic mass is 16.6. The maximum atomic E-state index is 12.8. The van der Waals surface area contributed by atoms with Crippen molar-refractivity contribution in [2.75, 3.05) is 13.1 Å². The van der Waals surface area contributed by atoms with Crippen LogP contribution in [-0.2, 0) is 38.2 Å². The Morgan fingerprint density at radius 3 is 1.08 bits per heavy atom. The van der Waals surface area contributed by atoms with Gasteiger partial charge in [0, 0.05) is 0 Å². The van der Waals surface area contributed by atoms with Gasteiger partial charge in [-0.05, 0) is 76.3 Å². The van der Waals surface area contributed by atoms with Gasteiger partial charge in [0.15, 0.2) is 0 Å². The van der Waals surface area contributed by atoms with Crippen molar-refractivity contribution in [2.24, 2.45) is 58.8 Å². The zero-order valence-corrected chi connectivity index (χ0v) is 20.0. The van der Waals surface area contributed by atoms with E-state index in [-0.39, 0.29) is 11.8 Å². The molecule has 3 fully saturated rings. The Labute approximate surface area is 208 Å². The van der Waals surface area contributed by atoms with Crippen LogP contribution in [0.3, 0.4) is 0 Å². The molecule has 3 aliphatic carbocycles. The van der Waals surface area contributed by atoms with Gasteiger partial charge in [-0.15, -0.1) is 0 Å². The van der Waals surface area contributed by atoms with Crippen LogP contribution in [-0.4, -0.2) is 59.1 Å². The second kappa shape index (κ2) is 11.9. The van der Waals surface area contributed by atoms with Crippen LogP contribution in [0.1, 0.15) is 51.4 Å². The molecule has 0 spiro atoms. The molecule has 0 radical (unpaired) electrons. The number of carboxylic acid groups (broad SMARTS) is 2. The number of esters is 4. The number of hydrogen-bond acceptors (Lipinski definition) is 10. The van der Waals surface area contributed by atoms with Gasteiger partial charge >= 0.3 is 35.8 Å². The molecule has 4 atom stereocenters. The molecule has 0 heterocycles. The second-order valence-electron chi connectivity index (χ2n) is 10.2. The third-order valence-electron chi connectivity index (χ3n) is 8.09. The lowest BCUT2D eigenvalue weighted by molar-refractivity contribution is -0.199. The molecule has 4 unspecified atom stereocenters. The van der Waals surface area contributed by atoms with Crippen LogP contribution in [0, 0.1) is 47.3 Å². The molecule has 200 valence electrons. The van der Waals surface area contributed by atoms with Gasteiger partial charge in [-0.1, -0.05) is 0 Å². The van der Waals surface area contributed by atoms with E-state index in [9.17, 15) is 39.0 Å². The van der Waals surface area contributed by atoms with Crippen molar-refractivity contribution in [2.45, 2.75) is 51.4 Å². The number of carboxylic acids is 2. The van der Waals surface area contributed by atoms with Crippen molar-refractivity contribution in [1.82, 2.24) is 0 Å². The third-order valence-corrected chi connectivity index (χ3v) is 8.09. The van der Waals surface area contributed by atoms with E-state index in [1.165, 1.54) is 0 Å². The molecule has 6 N–H and O–H groups in total. The Kier molecular flexibility index (Phi) is 9.18. The predicted octanol–water partition coefficient (Wildman–Crippen LogP) is 0.304. The van der Waals surface area contributed by atoms with Crippen molar-refractivity contribution in [3.63, 3.8) is 0 Å². The van der Waals surface area contributed by atoms with E-state index in [4.69, 9.17) is 20.9 Å². The third kappa shape index (κ3) is 5.92. The molecule has 3 aliphatic rings. The number of aliphatic carboxylic acids is 2. The molecule has 0 aromatic heterocycles. The molecule has 0 bridgehead atoms. The summed E-state index contributed by atoms with van der Waals surface area (Å²) >= 11 is 0. The summed E-state index contributed by atoms with van der Waals surface area (Å²) < 4.78 is 9.85. The summed E-state index contributed by atoms with van der Waals surface area (Å²) in [6.07, 6.45) is 4.51. The number of carbonyl (C=O) groups is 6. The van der Waals surface area contributed by atoms with Gasteiger partial charge in [-0.25, -0.2) is 0 Å². The van der Waals surface area contributed by atoms with Gasteiger partial charge in [0.2, 0.25) is 0 Å². The maximum absolute atomic E-state index is 12.8. The molecular weight excluding hydrogens is 476 g/mol. The van der Waals surface area contributed by atoms with Crippen molar-refractivity contribution >= 4 is 35.8 Å². The summed E-state index contributed by atoms with van der Waals surface area (Å²) in [5, 5.41) is 19.1. The molecule has 12 heteroatoms. The smallest absolute Gasteiger partial charge is 0.318 e. The van der Waals surface area contributed by atoms with Gasteiger partial charge in [0.05, 0.1) is 35.5 Å². The molecule has 36 heavy (non-hydrogen) atoms. The van der Waals surface area contributed by atoms with Gasteiger partial charge in [-0.3, -0.25) is 28.8 Å². The van der Waals surface area contributed by atoms with Crippen LogP contribution < -0.4 is 11.5 Å². The first-order chi connectivity index (χ1) is 17.1. The Morgan fingerprint density at radius 2 is 0.833 bits per heavy atom. The van der Waals surface area contributed by atoms with Crippen molar-refractivity contribution in [3.8, 4) is 0 Å². The molecular formula is C24H34N2O10. The van der Waals surface area contributed by atoms with E-state index in [0.717, 1.165) is 0 Å². The molecule has 3 saturated carbocycles. The van der Waals surface area contributed by atoms with Crippen LogP contribution >= 0.6 is 0 Å². The first-order valence-electron chi connectivity index (χ1n) is 12.5. The Bertz CT molecular complexity index is 817. The lowest BCUT2D eigenvalue weighted by Gasteiger charge is -2.43. The minimum atomic E-state index is -1.80. The van der Waals surface area contributed by atoms with Crippen LogP contribution in [0.25, 0.3) is 0 Å². The average Bonchev–Trinajstić information content (AvgIpc) is 2.82. The van der Waals surface area contributed by atoms with Crippen LogP contribution in [0.15, 0.2) is 0 Å². The molecule has 12 nitrogen and oxygen atoms in total. The Morgan fingerprint density at radius 1 is 0.528 bits per heavy atom. The maximum Gasteiger partial charge on any atom is 0.318 e. The molecule has 0 aromatic carbocycles. The zero-order chi connectivity index (χ0) is 26.6. The summed E-state index contributed by atoms with van der Waals surface area (Å²) in [7, 11) is 0. The number of nitrogens with two attached hydrogens (primary N) is 2. The highest BCUT2D eigenvalue weighted by Gasteiger charge is 2.65. The quantitative estimate of drug-likeness (QED) is 0.256. The lowest BCUT2D eigenvalue weighted by Crippen LogP contribution is -2.61. The summed E-state index contributed by atoms with van der Waals surface area (Å²) in [5.41, 5.74) is 11.3. The minimum absolute atomic E-state index is 0.270. The van der Waals surface area contributed by atoms with E-state index in [0.29, 0.717) is 64.5 Å². The summed E-state index contributed by atoms with van der Waals surface area (Å²) in [6.45, 7) is 0.965. The average molecular weight is 511 g/mol. The van der Waals surface area contributed by atoms with Crippen molar-refractivity contribution in [1.29, 1.82) is 0 Å². The fourth-order valence-electron chi connectivity index (χ4n) is 5.72. The number of rotatable bonds is 8. The lowest BCUT2D eigenvalue weighted by atomic mass is 9.56. The van der Waals surface area contributed by atoms with Crippen LogP contribution in [0.4, 0.5) is 0 Å². The predicted molar refractivity (Wildman–Crippen MR) is 120 cm³/mol. The first-order valence-corrected chi connectivity index (χ1v) is 12.5. The number of hydrogen-bond donors (Lipinski definition) is 4. The number of carbonyl (C=O) groups excluding carboxylic acids is 4. The van der Waals surface area contributed by atoms with Gasteiger partial charge < -0.3 is 31.2 Å². The van der Waals surface area contributed by atoms with Gasteiger partial charge in [0.1, 0.15) is 0 Å². The summed E-state index contributed by atoms with van der Waals surface area (Å²) in [6, 6.07) is 0. The van der Waals surface area contributed by atoms with Crippen LogP contribution in [0.2, 0.25) is 0 Å². The van der Waals surface area contributed by atoms with E-state index < -0.39 is 71.3 Å². The van der Waals surface area contributed by atoms with E-state index in [2.05, 4.69) is 0 Å². The van der Waals surface area contributed by atoms with Crippen LogP contribution in [0.5, 0.6) is 0 Å². The van der Waals surface area contributed by atoms with Gasteiger partial charge in [-0.2, -0.15) is 0 Å². The van der Waals surface area contributed by atoms with E-state index in [1.54, 1.807) is 0 Å². The van der Waals surface area contributed by atoms with Crippen molar-refractivity contribution in [3.05, 3.63) is 0 Å². The monoisotopic (exact) mass is 510 g/mol. The normalized spacial score (nSPS) is 34.1. The first kappa shape index (κ1) is 27.7.